The molecule has 1 aliphatic rings. The Kier molecular flexibility index (Phi) is 6.82. The molecule has 0 atom stereocenters. The number of hydrogen-bond acceptors (Lipinski definition) is 5. The maximum Gasteiger partial charge on any atom is 0.243 e. The van der Waals surface area contributed by atoms with Crippen molar-refractivity contribution in [3.05, 3.63) is 29.3 Å². The highest BCUT2D eigenvalue weighted by atomic mass is 35.5. The summed E-state index contributed by atoms with van der Waals surface area (Å²) in [6.07, 6.45) is 1.31. The average Bonchev–Trinajstić information content (AvgIpc) is 2.59. The molecule has 138 valence electrons. The molecule has 1 fully saturated rings. The van der Waals surface area contributed by atoms with E-state index in [2.05, 4.69) is 0 Å². The van der Waals surface area contributed by atoms with Crippen LogP contribution in [0.3, 0.4) is 0 Å². The van der Waals surface area contributed by atoms with Crippen molar-refractivity contribution in [3.8, 4) is 6.07 Å². The normalized spacial score (nSPS) is 17.3. The van der Waals surface area contributed by atoms with E-state index in [0.29, 0.717) is 24.3 Å². The minimum Gasteiger partial charge on any atom is -0.212 e. The van der Waals surface area contributed by atoms with Crippen LogP contribution in [0.4, 0.5) is 0 Å². The topological polar surface area (TPSA) is 98.5 Å². The number of halogens is 1. The first-order valence-corrected chi connectivity index (χ1v) is 11.3. The van der Waals surface area contributed by atoms with Crippen LogP contribution in [0.25, 0.3) is 0 Å². The number of nitriles is 1. The van der Waals surface area contributed by atoms with Crippen molar-refractivity contribution in [1.29, 1.82) is 5.26 Å². The van der Waals surface area contributed by atoms with Gasteiger partial charge in [0.25, 0.3) is 0 Å². The van der Waals surface area contributed by atoms with E-state index in [9.17, 15) is 16.8 Å². The second kappa shape index (κ2) is 8.47. The second-order valence-electron chi connectivity index (χ2n) is 5.69. The molecule has 0 amide bonds. The highest BCUT2D eigenvalue weighted by molar-refractivity contribution is 7.89. The standard InChI is InChI=1S/C15H20ClN3O4S2/c16-14-4-6-15(7-5-14)25(22,23)19-11-9-18(10-12-19)24(20,21)13-3-1-2-8-17/h4-7H,1-3,9-13H2. The summed E-state index contributed by atoms with van der Waals surface area (Å²) < 4.78 is 52.3. The van der Waals surface area contributed by atoms with Gasteiger partial charge >= 0.3 is 0 Å². The molecule has 1 saturated heterocycles. The molecule has 25 heavy (non-hydrogen) atoms. The highest BCUT2D eigenvalue weighted by Gasteiger charge is 2.32. The van der Waals surface area contributed by atoms with E-state index in [0.717, 1.165) is 0 Å². The lowest BCUT2D eigenvalue weighted by atomic mass is 10.3. The molecule has 1 aromatic carbocycles. The first-order valence-electron chi connectivity index (χ1n) is 7.88. The van der Waals surface area contributed by atoms with Crippen LogP contribution in [0.1, 0.15) is 19.3 Å². The van der Waals surface area contributed by atoms with Crippen LogP contribution in [0.2, 0.25) is 5.02 Å². The fourth-order valence-electron chi connectivity index (χ4n) is 2.56. The largest absolute Gasteiger partial charge is 0.243 e. The van der Waals surface area contributed by atoms with Crippen molar-refractivity contribution in [3.63, 3.8) is 0 Å². The molecule has 0 aliphatic carbocycles. The maximum atomic E-state index is 12.6. The quantitative estimate of drug-likeness (QED) is 0.642. The van der Waals surface area contributed by atoms with Crippen LogP contribution >= 0.6 is 11.6 Å². The molecule has 1 aliphatic heterocycles. The lowest BCUT2D eigenvalue weighted by Crippen LogP contribution is -2.50. The Labute approximate surface area is 153 Å². The van der Waals surface area contributed by atoms with Crippen molar-refractivity contribution in [2.24, 2.45) is 0 Å². The molecule has 0 spiro atoms. The van der Waals surface area contributed by atoms with Gasteiger partial charge in [0, 0.05) is 37.6 Å². The summed E-state index contributed by atoms with van der Waals surface area (Å²) in [5, 5.41) is 8.93. The van der Waals surface area contributed by atoms with Crippen molar-refractivity contribution < 1.29 is 16.8 Å². The van der Waals surface area contributed by atoms with Gasteiger partial charge in [-0.1, -0.05) is 11.6 Å². The van der Waals surface area contributed by atoms with Crippen LogP contribution in [-0.2, 0) is 20.0 Å². The van der Waals surface area contributed by atoms with Gasteiger partial charge in [0.15, 0.2) is 0 Å². The van der Waals surface area contributed by atoms with E-state index in [1.54, 1.807) is 0 Å². The van der Waals surface area contributed by atoms with Gasteiger partial charge in [-0.15, -0.1) is 0 Å². The van der Waals surface area contributed by atoms with Crippen LogP contribution in [0.5, 0.6) is 0 Å². The number of nitrogens with zero attached hydrogens (tertiary/aromatic N) is 3. The van der Waals surface area contributed by atoms with Crippen molar-refractivity contribution in [2.45, 2.75) is 24.2 Å². The molecular formula is C15H20ClN3O4S2. The first-order chi connectivity index (χ1) is 11.8. The SMILES string of the molecule is N#CCCCCS(=O)(=O)N1CCN(S(=O)(=O)c2ccc(Cl)cc2)CC1. The lowest BCUT2D eigenvalue weighted by molar-refractivity contribution is 0.272. The summed E-state index contributed by atoms with van der Waals surface area (Å²) in [7, 11) is -7.07. The van der Waals surface area contributed by atoms with Crippen LogP contribution in [0, 0.1) is 11.3 Å². The predicted octanol–water partition coefficient (Wildman–Crippen LogP) is 1.67. The number of hydrogen-bond donors (Lipinski definition) is 0. The summed E-state index contributed by atoms with van der Waals surface area (Å²) in [5.74, 6) is -0.0153. The molecule has 0 aromatic heterocycles. The van der Waals surface area contributed by atoms with Gasteiger partial charge in [-0.3, -0.25) is 0 Å². The smallest absolute Gasteiger partial charge is 0.212 e. The third-order valence-corrected chi connectivity index (χ3v) is 8.10. The minimum absolute atomic E-state index is 0.0153. The summed E-state index contributed by atoms with van der Waals surface area (Å²) in [4.78, 5) is 0.143. The molecule has 0 N–H and O–H groups in total. The monoisotopic (exact) mass is 405 g/mol. The van der Waals surface area contributed by atoms with Crippen molar-refractivity contribution in [2.75, 3.05) is 31.9 Å². The molecular weight excluding hydrogens is 386 g/mol. The van der Waals surface area contributed by atoms with Gasteiger partial charge in [-0.2, -0.15) is 13.9 Å². The molecule has 7 nitrogen and oxygen atoms in total. The second-order valence-corrected chi connectivity index (χ2v) is 10.2. The van der Waals surface area contributed by atoms with E-state index in [1.165, 1.54) is 32.9 Å². The molecule has 2 rings (SSSR count). The van der Waals surface area contributed by atoms with Crippen molar-refractivity contribution in [1.82, 2.24) is 8.61 Å². The third-order valence-electron chi connectivity index (χ3n) is 3.98. The number of rotatable bonds is 7. The van der Waals surface area contributed by atoms with Gasteiger partial charge in [0.05, 0.1) is 16.7 Å². The first kappa shape index (κ1) is 20.1. The predicted molar refractivity (Wildman–Crippen MR) is 95.0 cm³/mol. The number of unbranched alkanes of at least 4 members (excludes halogenated alkanes) is 2. The molecule has 0 bridgehead atoms. The summed E-state index contributed by atoms with van der Waals surface area (Å²) >= 11 is 5.78. The fraction of sp³-hybridized carbons (Fsp3) is 0.533. The number of sulfonamides is 2. The minimum atomic E-state index is -3.65. The van der Waals surface area contributed by atoms with Crippen LogP contribution in [0.15, 0.2) is 29.2 Å². The average molecular weight is 406 g/mol. The van der Waals surface area contributed by atoms with Crippen LogP contribution in [-0.4, -0.2) is 57.4 Å². The zero-order chi connectivity index (χ0) is 18.5. The lowest BCUT2D eigenvalue weighted by Gasteiger charge is -2.33. The highest BCUT2D eigenvalue weighted by Crippen LogP contribution is 2.21. The van der Waals surface area contributed by atoms with Crippen LogP contribution < -0.4 is 0 Å². The van der Waals surface area contributed by atoms with E-state index in [-0.39, 0.29) is 36.8 Å². The Balaban J connectivity index is 1.97. The summed E-state index contributed by atoms with van der Waals surface area (Å²) in [5.41, 5.74) is 0. The summed E-state index contributed by atoms with van der Waals surface area (Å²) in [6.45, 7) is 0.492. The zero-order valence-electron chi connectivity index (χ0n) is 13.6. The Hall–Kier alpha value is -1.18. The van der Waals surface area contributed by atoms with E-state index >= 15 is 0 Å². The number of piperazine rings is 1. The Morgan fingerprint density at radius 2 is 1.52 bits per heavy atom. The summed E-state index contributed by atoms with van der Waals surface area (Å²) in [6, 6.07) is 7.89. The molecule has 0 radical (unpaired) electrons. The van der Waals surface area contributed by atoms with Gasteiger partial charge < -0.3 is 0 Å². The van der Waals surface area contributed by atoms with Crippen molar-refractivity contribution >= 4 is 31.6 Å². The Morgan fingerprint density at radius 1 is 0.960 bits per heavy atom. The third kappa shape index (κ3) is 5.15. The zero-order valence-corrected chi connectivity index (χ0v) is 16.0. The Bertz CT molecular complexity index is 825. The van der Waals surface area contributed by atoms with Gasteiger partial charge in [-0.05, 0) is 37.1 Å². The molecule has 1 aromatic rings. The van der Waals surface area contributed by atoms with E-state index in [1.807, 2.05) is 6.07 Å². The van der Waals surface area contributed by atoms with Gasteiger partial charge in [0.1, 0.15) is 0 Å². The number of benzene rings is 1. The molecule has 0 unspecified atom stereocenters. The fourth-order valence-corrected chi connectivity index (χ4v) is 5.66. The maximum absolute atomic E-state index is 12.6. The van der Waals surface area contributed by atoms with Gasteiger partial charge in [-0.25, -0.2) is 16.8 Å². The van der Waals surface area contributed by atoms with E-state index < -0.39 is 20.0 Å². The van der Waals surface area contributed by atoms with Gasteiger partial charge in [0.2, 0.25) is 20.0 Å². The molecule has 1 heterocycles. The van der Waals surface area contributed by atoms with E-state index in [4.69, 9.17) is 16.9 Å². The molecule has 10 heteroatoms. The molecule has 0 saturated carbocycles. The Morgan fingerprint density at radius 3 is 2.08 bits per heavy atom.